The normalized spacial score (nSPS) is 14.2. The zero-order chi connectivity index (χ0) is 18.7. The van der Waals surface area contributed by atoms with E-state index in [1.807, 2.05) is 19.9 Å². The molecule has 2 heterocycles. The van der Waals surface area contributed by atoms with Gasteiger partial charge in [0.25, 0.3) is 5.91 Å². The first-order valence-electron chi connectivity index (χ1n) is 8.55. The number of carbonyl (C=O) groups excluding carboxylic acids is 1. The second-order valence-corrected chi connectivity index (χ2v) is 8.16. The minimum absolute atomic E-state index is 0.0882. The third-order valence-electron chi connectivity index (χ3n) is 4.20. The molecule has 1 saturated heterocycles. The summed E-state index contributed by atoms with van der Waals surface area (Å²) in [4.78, 5) is 22.7. The van der Waals surface area contributed by atoms with Crippen LogP contribution in [0.15, 0.2) is 35.2 Å². The Bertz CT molecular complexity index is 904. The minimum atomic E-state index is -3.70. The van der Waals surface area contributed by atoms with Gasteiger partial charge in [-0.1, -0.05) is 6.07 Å². The van der Waals surface area contributed by atoms with Crippen molar-refractivity contribution in [2.45, 2.75) is 31.6 Å². The second kappa shape index (κ2) is 7.51. The van der Waals surface area contributed by atoms with Crippen LogP contribution >= 0.6 is 0 Å². The van der Waals surface area contributed by atoms with Crippen LogP contribution in [0.1, 0.15) is 34.0 Å². The number of nitrogens with zero attached hydrogens (tertiary/aromatic N) is 3. The van der Waals surface area contributed by atoms with Gasteiger partial charge >= 0.3 is 0 Å². The Morgan fingerprint density at radius 2 is 1.85 bits per heavy atom. The van der Waals surface area contributed by atoms with Crippen LogP contribution in [0.3, 0.4) is 0 Å². The van der Waals surface area contributed by atoms with Crippen molar-refractivity contribution in [1.29, 1.82) is 0 Å². The van der Waals surface area contributed by atoms with Crippen LogP contribution in [0.2, 0.25) is 0 Å². The first kappa shape index (κ1) is 18.5. The molecule has 2 aromatic rings. The van der Waals surface area contributed by atoms with Crippen LogP contribution in [0.5, 0.6) is 0 Å². The van der Waals surface area contributed by atoms with Crippen molar-refractivity contribution in [3.05, 3.63) is 53.1 Å². The van der Waals surface area contributed by atoms with Gasteiger partial charge in [0.2, 0.25) is 10.0 Å². The smallest absolute Gasteiger partial charge is 0.253 e. The first-order valence-corrected chi connectivity index (χ1v) is 10.0. The number of rotatable bonds is 6. The molecular weight excluding hydrogens is 352 g/mol. The standard InChI is InChI=1S/C18H22N4O3S/c1-13-11-14(2)21-17(20-13)7-8-19-26(24,25)16-6-3-5-15(12-16)18(23)22-9-4-10-22/h3,5-6,11-12,19H,4,7-10H2,1-2H3. The lowest BCUT2D eigenvalue weighted by atomic mass is 10.1. The Morgan fingerprint density at radius 1 is 1.15 bits per heavy atom. The number of hydrogen-bond donors (Lipinski definition) is 1. The molecule has 0 spiro atoms. The average molecular weight is 374 g/mol. The van der Waals surface area contributed by atoms with Gasteiger partial charge in [-0.05, 0) is 44.5 Å². The van der Waals surface area contributed by atoms with E-state index < -0.39 is 10.0 Å². The Kier molecular flexibility index (Phi) is 5.33. The maximum atomic E-state index is 12.5. The van der Waals surface area contributed by atoms with E-state index in [0.29, 0.717) is 17.8 Å². The summed E-state index contributed by atoms with van der Waals surface area (Å²) in [6, 6.07) is 8.02. The molecule has 1 aromatic carbocycles. The molecule has 1 aliphatic rings. The molecule has 7 nitrogen and oxygen atoms in total. The summed E-state index contributed by atoms with van der Waals surface area (Å²) in [6.07, 6.45) is 1.39. The molecule has 0 radical (unpaired) electrons. The molecule has 3 rings (SSSR count). The maximum Gasteiger partial charge on any atom is 0.253 e. The molecule has 0 unspecified atom stereocenters. The van der Waals surface area contributed by atoms with Gasteiger partial charge in [-0.2, -0.15) is 0 Å². The van der Waals surface area contributed by atoms with Crippen LogP contribution in [0.25, 0.3) is 0 Å². The second-order valence-electron chi connectivity index (χ2n) is 6.39. The molecule has 1 fully saturated rings. The predicted molar refractivity (Wildman–Crippen MR) is 97.4 cm³/mol. The molecule has 8 heteroatoms. The molecular formula is C18H22N4O3S. The van der Waals surface area contributed by atoms with E-state index in [9.17, 15) is 13.2 Å². The molecule has 138 valence electrons. The van der Waals surface area contributed by atoms with Crippen molar-refractivity contribution in [2.24, 2.45) is 0 Å². The Morgan fingerprint density at radius 3 is 2.46 bits per heavy atom. The lowest BCUT2D eigenvalue weighted by molar-refractivity contribution is 0.0651. The van der Waals surface area contributed by atoms with Crippen molar-refractivity contribution in [3.63, 3.8) is 0 Å². The summed E-state index contributed by atoms with van der Waals surface area (Å²) >= 11 is 0. The van der Waals surface area contributed by atoms with Gasteiger partial charge in [-0.25, -0.2) is 23.1 Å². The fourth-order valence-corrected chi connectivity index (χ4v) is 3.87. The summed E-state index contributed by atoms with van der Waals surface area (Å²) in [5, 5.41) is 0. The van der Waals surface area contributed by atoms with Gasteiger partial charge in [0.1, 0.15) is 5.82 Å². The van der Waals surface area contributed by atoms with E-state index in [2.05, 4.69) is 14.7 Å². The quantitative estimate of drug-likeness (QED) is 0.826. The number of hydrogen-bond acceptors (Lipinski definition) is 5. The van der Waals surface area contributed by atoms with Gasteiger partial charge in [0.05, 0.1) is 4.90 Å². The SMILES string of the molecule is Cc1cc(C)nc(CCNS(=O)(=O)c2cccc(C(=O)N3CCC3)c2)n1. The number of aromatic nitrogens is 2. The highest BCUT2D eigenvalue weighted by Crippen LogP contribution is 2.16. The monoisotopic (exact) mass is 374 g/mol. The number of sulfonamides is 1. The molecule has 1 N–H and O–H groups in total. The number of amides is 1. The summed E-state index contributed by atoms with van der Waals surface area (Å²) in [6.45, 7) is 5.40. The van der Waals surface area contributed by atoms with Gasteiger partial charge in [-0.15, -0.1) is 0 Å². The van der Waals surface area contributed by atoms with Crippen molar-refractivity contribution in [3.8, 4) is 0 Å². The maximum absolute atomic E-state index is 12.5. The van der Waals surface area contributed by atoms with Crippen molar-refractivity contribution in [1.82, 2.24) is 19.6 Å². The third-order valence-corrected chi connectivity index (χ3v) is 5.66. The molecule has 26 heavy (non-hydrogen) atoms. The van der Waals surface area contributed by atoms with Gasteiger partial charge in [-0.3, -0.25) is 4.79 Å². The van der Waals surface area contributed by atoms with Crippen LogP contribution in [-0.4, -0.2) is 48.8 Å². The lowest BCUT2D eigenvalue weighted by Gasteiger charge is -2.31. The van der Waals surface area contributed by atoms with E-state index in [4.69, 9.17) is 0 Å². The third kappa shape index (κ3) is 4.25. The van der Waals surface area contributed by atoms with Gasteiger partial charge in [0, 0.05) is 43.0 Å². The molecule has 0 aliphatic carbocycles. The predicted octanol–water partition coefficient (Wildman–Crippen LogP) is 1.46. The molecule has 1 aromatic heterocycles. The number of benzene rings is 1. The Labute approximate surface area is 153 Å². The van der Waals surface area contributed by atoms with Gasteiger partial charge < -0.3 is 4.90 Å². The van der Waals surface area contributed by atoms with Crippen molar-refractivity contribution < 1.29 is 13.2 Å². The molecule has 0 saturated carbocycles. The van der Waals surface area contributed by atoms with Crippen molar-refractivity contribution in [2.75, 3.05) is 19.6 Å². The highest BCUT2D eigenvalue weighted by molar-refractivity contribution is 7.89. The first-order chi connectivity index (χ1) is 12.3. The topological polar surface area (TPSA) is 92.3 Å². The summed E-state index contributed by atoms with van der Waals surface area (Å²) < 4.78 is 27.6. The van der Waals surface area contributed by atoms with E-state index >= 15 is 0 Å². The van der Waals surface area contributed by atoms with Crippen LogP contribution in [-0.2, 0) is 16.4 Å². The molecule has 0 atom stereocenters. The van der Waals surface area contributed by atoms with Crippen LogP contribution in [0, 0.1) is 13.8 Å². The average Bonchev–Trinajstić information content (AvgIpc) is 2.52. The number of aryl methyl sites for hydroxylation is 2. The fourth-order valence-electron chi connectivity index (χ4n) is 2.79. The summed E-state index contributed by atoms with van der Waals surface area (Å²) in [7, 11) is -3.70. The van der Waals surface area contributed by atoms with Gasteiger partial charge in [0.15, 0.2) is 0 Å². The summed E-state index contributed by atoms with van der Waals surface area (Å²) in [5.74, 6) is 0.476. The van der Waals surface area contributed by atoms with E-state index in [0.717, 1.165) is 30.9 Å². The van der Waals surface area contributed by atoms with Crippen molar-refractivity contribution >= 4 is 15.9 Å². The zero-order valence-electron chi connectivity index (χ0n) is 14.9. The summed E-state index contributed by atoms with van der Waals surface area (Å²) in [5.41, 5.74) is 2.10. The Hall–Kier alpha value is -2.32. The Balaban J connectivity index is 1.67. The number of carbonyl (C=O) groups is 1. The van der Waals surface area contributed by atoms with E-state index in [1.165, 1.54) is 12.1 Å². The highest BCUT2D eigenvalue weighted by atomic mass is 32.2. The van der Waals surface area contributed by atoms with Crippen LogP contribution < -0.4 is 4.72 Å². The minimum Gasteiger partial charge on any atom is -0.339 e. The molecule has 1 aliphatic heterocycles. The number of nitrogens with one attached hydrogen (secondary N) is 1. The zero-order valence-corrected chi connectivity index (χ0v) is 15.7. The largest absolute Gasteiger partial charge is 0.339 e. The number of likely N-dealkylation sites (tertiary alicyclic amines) is 1. The lowest BCUT2D eigenvalue weighted by Crippen LogP contribution is -2.42. The van der Waals surface area contributed by atoms with Crippen LogP contribution in [0.4, 0.5) is 0 Å². The van der Waals surface area contributed by atoms with E-state index in [-0.39, 0.29) is 17.3 Å². The molecule has 0 bridgehead atoms. The molecule has 1 amide bonds. The highest BCUT2D eigenvalue weighted by Gasteiger charge is 2.23. The van der Waals surface area contributed by atoms with E-state index in [1.54, 1.807) is 17.0 Å². The fraction of sp³-hybridized carbons (Fsp3) is 0.389.